The lowest BCUT2D eigenvalue weighted by molar-refractivity contribution is -0.143. The number of halogens is 1. The van der Waals surface area contributed by atoms with Crippen molar-refractivity contribution in [1.82, 2.24) is 10.2 Å². The molecule has 0 saturated carbocycles. The summed E-state index contributed by atoms with van der Waals surface area (Å²) < 4.78 is 15.1. The van der Waals surface area contributed by atoms with Gasteiger partial charge >= 0.3 is 12.0 Å². The van der Waals surface area contributed by atoms with Crippen LogP contribution in [0.5, 0.6) is 11.5 Å². The van der Waals surface area contributed by atoms with Crippen LogP contribution in [-0.4, -0.2) is 50.2 Å². The Morgan fingerprint density at radius 2 is 2.00 bits per heavy atom. The van der Waals surface area contributed by atoms with Gasteiger partial charge in [-0.25, -0.2) is 9.69 Å². The zero-order chi connectivity index (χ0) is 18.6. The highest BCUT2D eigenvalue weighted by Gasteiger charge is 2.35. The van der Waals surface area contributed by atoms with Gasteiger partial charge in [-0.05, 0) is 24.6 Å². The average Bonchev–Trinajstić information content (AvgIpc) is 2.85. The highest BCUT2D eigenvalue weighted by molar-refractivity contribution is 6.32. The summed E-state index contributed by atoms with van der Waals surface area (Å²) in [5, 5.41) is 2.71. The van der Waals surface area contributed by atoms with Crippen molar-refractivity contribution in [2.45, 2.75) is 6.92 Å². The normalized spacial score (nSPS) is 15.4. The van der Waals surface area contributed by atoms with Gasteiger partial charge in [0.25, 0.3) is 5.91 Å². The van der Waals surface area contributed by atoms with Gasteiger partial charge in [-0.3, -0.25) is 9.59 Å². The summed E-state index contributed by atoms with van der Waals surface area (Å²) in [4.78, 5) is 36.2. The number of nitrogens with one attached hydrogen (secondary N) is 1. The van der Waals surface area contributed by atoms with Gasteiger partial charge in [0.1, 0.15) is 12.2 Å². The topological polar surface area (TPSA) is 94.2 Å². The first kappa shape index (κ1) is 18.6. The fourth-order valence-corrected chi connectivity index (χ4v) is 2.36. The first-order valence-electron chi connectivity index (χ1n) is 7.33. The first-order chi connectivity index (χ1) is 11.9. The lowest BCUT2D eigenvalue weighted by atomic mass is 10.1. The van der Waals surface area contributed by atoms with E-state index in [1.54, 1.807) is 12.1 Å². The number of hydrogen-bond acceptors (Lipinski definition) is 6. The Kier molecular flexibility index (Phi) is 5.87. The molecule has 0 atom stereocenters. The van der Waals surface area contributed by atoms with Crippen molar-refractivity contribution >= 4 is 35.6 Å². The molecule has 1 fully saturated rings. The number of carbonyl (C=O) groups is 3. The molecule has 1 aliphatic heterocycles. The third-order valence-corrected chi connectivity index (χ3v) is 3.69. The monoisotopic (exact) mass is 368 g/mol. The average molecular weight is 369 g/mol. The van der Waals surface area contributed by atoms with Crippen LogP contribution in [0.1, 0.15) is 12.5 Å². The molecule has 0 aromatic heterocycles. The fraction of sp³-hybridized carbons (Fsp3) is 0.312. The number of hydrogen-bond donors (Lipinski definition) is 1. The SMILES string of the molecule is CCOc1cc(/C=C2/NC(=O)N(CC(=O)OC)C2=O)c(Cl)cc1OC. The Hall–Kier alpha value is -2.74. The smallest absolute Gasteiger partial charge is 0.329 e. The lowest BCUT2D eigenvalue weighted by Gasteiger charge is -2.11. The standard InChI is InChI=1S/C16H17ClN2O6/c1-4-25-13-6-9(10(17)7-12(13)23-2)5-11-15(21)19(16(22)18-11)8-14(20)24-3/h5-7H,4,8H2,1-3H3,(H,18,22)/b11-5+. The van der Waals surface area contributed by atoms with E-state index in [1.807, 2.05) is 6.92 Å². The number of amides is 3. The molecule has 0 aliphatic carbocycles. The maximum Gasteiger partial charge on any atom is 0.329 e. The van der Waals surface area contributed by atoms with Gasteiger partial charge in [-0.1, -0.05) is 11.6 Å². The van der Waals surface area contributed by atoms with Gasteiger partial charge in [0.2, 0.25) is 0 Å². The van der Waals surface area contributed by atoms with Crippen LogP contribution >= 0.6 is 11.6 Å². The molecule has 8 nitrogen and oxygen atoms in total. The molecule has 1 aliphatic rings. The lowest BCUT2D eigenvalue weighted by Crippen LogP contribution is -2.36. The van der Waals surface area contributed by atoms with E-state index in [1.165, 1.54) is 20.3 Å². The maximum atomic E-state index is 12.3. The van der Waals surface area contributed by atoms with Gasteiger partial charge in [0, 0.05) is 6.07 Å². The molecular formula is C16H17ClN2O6. The summed E-state index contributed by atoms with van der Waals surface area (Å²) >= 11 is 6.19. The second kappa shape index (κ2) is 7.89. The van der Waals surface area contributed by atoms with Crippen LogP contribution in [0, 0.1) is 0 Å². The molecule has 1 N–H and O–H groups in total. The van der Waals surface area contributed by atoms with Crippen LogP contribution in [-0.2, 0) is 14.3 Å². The molecule has 25 heavy (non-hydrogen) atoms. The van der Waals surface area contributed by atoms with Crippen molar-refractivity contribution < 1.29 is 28.6 Å². The Morgan fingerprint density at radius 3 is 2.60 bits per heavy atom. The Labute approximate surface area is 149 Å². The third-order valence-electron chi connectivity index (χ3n) is 3.36. The van der Waals surface area contributed by atoms with Crippen LogP contribution in [0.4, 0.5) is 4.79 Å². The van der Waals surface area contributed by atoms with E-state index in [4.69, 9.17) is 21.1 Å². The molecule has 134 valence electrons. The number of nitrogens with zero attached hydrogens (tertiary/aromatic N) is 1. The number of carbonyl (C=O) groups excluding carboxylic acids is 3. The van der Waals surface area contributed by atoms with Crippen molar-refractivity contribution in [3.63, 3.8) is 0 Å². The van der Waals surface area contributed by atoms with E-state index < -0.39 is 24.5 Å². The summed E-state index contributed by atoms with van der Waals surface area (Å²) in [6.45, 7) is 1.76. The predicted octanol–water partition coefficient (Wildman–Crippen LogP) is 1.81. The second-order valence-corrected chi connectivity index (χ2v) is 5.32. The molecule has 1 saturated heterocycles. The molecule has 3 amide bonds. The number of imide groups is 1. The zero-order valence-corrected chi connectivity index (χ0v) is 14.7. The Morgan fingerprint density at radius 1 is 1.28 bits per heavy atom. The summed E-state index contributed by atoms with van der Waals surface area (Å²) in [7, 11) is 2.65. The minimum absolute atomic E-state index is 0.0107. The number of benzene rings is 1. The van der Waals surface area contributed by atoms with E-state index in [-0.39, 0.29) is 5.70 Å². The number of esters is 1. The first-order valence-corrected chi connectivity index (χ1v) is 7.70. The van der Waals surface area contributed by atoms with Gasteiger partial charge in [-0.2, -0.15) is 0 Å². The van der Waals surface area contributed by atoms with Crippen molar-refractivity contribution in [3.8, 4) is 11.5 Å². The summed E-state index contributed by atoms with van der Waals surface area (Å²) in [6.07, 6.45) is 1.40. The molecule has 0 unspecified atom stereocenters. The molecule has 1 aromatic carbocycles. The molecular weight excluding hydrogens is 352 g/mol. The zero-order valence-electron chi connectivity index (χ0n) is 13.9. The molecule has 0 radical (unpaired) electrons. The van der Waals surface area contributed by atoms with Crippen molar-refractivity contribution in [1.29, 1.82) is 0 Å². The molecule has 0 bridgehead atoms. The number of methoxy groups -OCH3 is 2. The number of urea groups is 1. The number of ether oxygens (including phenoxy) is 3. The maximum absolute atomic E-state index is 12.3. The van der Waals surface area contributed by atoms with E-state index in [2.05, 4.69) is 10.1 Å². The number of rotatable bonds is 6. The van der Waals surface area contributed by atoms with Crippen LogP contribution in [0.3, 0.4) is 0 Å². The van der Waals surface area contributed by atoms with Crippen LogP contribution in [0.2, 0.25) is 5.02 Å². The third kappa shape index (κ3) is 4.03. The molecule has 9 heteroatoms. The summed E-state index contributed by atoms with van der Waals surface area (Å²) in [5.41, 5.74) is 0.443. The largest absolute Gasteiger partial charge is 0.493 e. The van der Waals surface area contributed by atoms with Crippen LogP contribution in [0.25, 0.3) is 6.08 Å². The highest BCUT2D eigenvalue weighted by Crippen LogP contribution is 2.34. The van der Waals surface area contributed by atoms with Gasteiger partial charge in [0.15, 0.2) is 11.5 Å². The fourth-order valence-electron chi connectivity index (χ4n) is 2.15. The van der Waals surface area contributed by atoms with Crippen LogP contribution in [0.15, 0.2) is 17.8 Å². The van der Waals surface area contributed by atoms with Crippen molar-refractivity contribution in [3.05, 3.63) is 28.4 Å². The van der Waals surface area contributed by atoms with Gasteiger partial charge < -0.3 is 19.5 Å². The minimum atomic E-state index is -0.712. The predicted molar refractivity (Wildman–Crippen MR) is 89.4 cm³/mol. The van der Waals surface area contributed by atoms with Crippen LogP contribution < -0.4 is 14.8 Å². The second-order valence-electron chi connectivity index (χ2n) is 4.91. The molecule has 0 spiro atoms. The molecule has 2 rings (SSSR count). The van der Waals surface area contributed by atoms with E-state index >= 15 is 0 Å². The van der Waals surface area contributed by atoms with Crippen molar-refractivity contribution in [2.75, 3.05) is 27.4 Å². The Balaban J connectivity index is 2.34. The van der Waals surface area contributed by atoms with E-state index in [0.29, 0.717) is 28.7 Å². The summed E-state index contributed by atoms with van der Waals surface area (Å²) in [5.74, 6) is -0.460. The quantitative estimate of drug-likeness (QED) is 0.467. The van der Waals surface area contributed by atoms with E-state index in [9.17, 15) is 14.4 Å². The van der Waals surface area contributed by atoms with E-state index in [0.717, 1.165) is 4.90 Å². The van der Waals surface area contributed by atoms with Gasteiger partial charge in [-0.15, -0.1) is 0 Å². The Bertz CT molecular complexity index is 746. The minimum Gasteiger partial charge on any atom is -0.493 e. The van der Waals surface area contributed by atoms with Crippen molar-refractivity contribution in [2.24, 2.45) is 0 Å². The molecule has 1 aromatic rings. The summed E-state index contributed by atoms with van der Waals surface area (Å²) in [6, 6.07) is 2.43. The highest BCUT2D eigenvalue weighted by atomic mass is 35.5. The molecule has 1 heterocycles. The van der Waals surface area contributed by atoms with Gasteiger partial charge in [0.05, 0.1) is 25.8 Å².